The van der Waals surface area contributed by atoms with Crippen LogP contribution in [-0.2, 0) is 16.1 Å². The number of ether oxygens (including phenoxy) is 1. The third-order valence-corrected chi connectivity index (χ3v) is 2.29. The summed E-state index contributed by atoms with van der Waals surface area (Å²) >= 11 is 0. The van der Waals surface area contributed by atoms with Crippen molar-refractivity contribution in [2.45, 2.75) is 33.4 Å². The van der Waals surface area contributed by atoms with Crippen LogP contribution >= 0.6 is 0 Å². The van der Waals surface area contributed by atoms with Gasteiger partial charge >= 0.3 is 11.7 Å². The van der Waals surface area contributed by atoms with Crippen molar-refractivity contribution < 1.29 is 14.5 Å². The topological polar surface area (TPSA) is 111 Å². The molecule has 1 aromatic rings. The number of esters is 1. The minimum atomic E-state index is -0.857. The molecule has 0 radical (unpaired) electrons. The van der Waals surface area contributed by atoms with Crippen LogP contribution in [0.1, 0.15) is 18.3 Å². The Labute approximate surface area is 103 Å². The molecule has 0 bridgehead atoms. The molecule has 1 aromatic heterocycles. The van der Waals surface area contributed by atoms with Gasteiger partial charge in [-0.1, -0.05) is 0 Å². The lowest BCUT2D eigenvalue weighted by Gasteiger charge is -2.06. The molecule has 1 heterocycles. The molecular formula is C10H12N4O4. The van der Waals surface area contributed by atoms with Crippen LogP contribution in [0, 0.1) is 35.3 Å². The third-order valence-electron chi connectivity index (χ3n) is 2.29. The van der Waals surface area contributed by atoms with Crippen molar-refractivity contribution in [3.63, 3.8) is 0 Å². The van der Waals surface area contributed by atoms with Gasteiger partial charge in [-0.3, -0.25) is 19.6 Å². The molecule has 8 heteroatoms. The van der Waals surface area contributed by atoms with E-state index in [4.69, 9.17) is 10.00 Å². The number of carbonyl (C=O) groups is 1. The summed E-state index contributed by atoms with van der Waals surface area (Å²) in [5.41, 5.74) is 0.397. The summed E-state index contributed by atoms with van der Waals surface area (Å²) in [5.74, 6) is -0.662. The Morgan fingerprint density at radius 1 is 1.67 bits per heavy atom. The highest BCUT2D eigenvalue weighted by Gasteiger charge is 2.23. The van der Waals surface area contributed by atoms with Crippen molar-refractivity contribution >= 4 is 11.7 Å². The van der Waals surface area contributed by atoms with Gasteiger partial charge in [0.25, 0.3) is 0 Å². The summed E-state index contributed by atoms with van der Waals surface area (Å²) in [6, 6.07) is 1.75. The van der Waals surface area contributed by atoms with Gasteiger partial charge in [0.2, 0.25) is 0 Å². The van der Waals surface area contributed by atoms with Crippen LogP contribution in [0.15, 0.2) is 0 Å². The van der Waals surface area contributed by atoms with Crippen molar-refractivity contribution in [1.82, 2.24) is 9.78 Å². The quantitative estimate of drug-likeness (QED) is 0.446. The fourth-order valence-corrected chi connectivity index (χ4v) is 1.49. The van der Waals surface area contributed by atoms with Gasteiger partial charge in [0.1, 0.15) is 24.0 Å². The number of nitrogens with zero attached hydrogens (tertiary/aromatic N) is 4. The number of nitriles is 1. The van der Waals surface area contributed by atoms with Crippen molar-refractivity contribution in [3.8, 4) is 6.07 Å². The standard InChI is InChI=1S/C10H12N4O4/c1-6(4-11)18-9(15)5-13-8(3)10(14(16)17)7(2)12-13/h6H,5H2,1-3H3/t6-/m0/s1. The van der Waals surface area contributed by atoms with E-state index >= 15 is 0 Å². The number of aromatic nitrogens is 2. The summed E-state index contributed by atoms with van der Waals surface area (Å²) in [5, 5.41) is 23.1. The fraction of sp³-hybridized carbons (Fsp3) is 0.500. The Morgan fingerprint density at radius 2 is 2.28 bits per heavy atom. The highest BCUT2D eigenvalue weighted by atomic mass is 16.6. The second-order valence-electron chi connectivity index (χ2n) is 3.70. The molecule has 0 aliphatic carbocycles. The number of carbonyl (C=O) groups excluding carboxylic acids is 1. The van der Waals surface area contributed by atoms with Crippen LogP contribution in [0.5, 0.6) is 0 Å². The highest BCUT2D eigenvalue weighted by molar-refractivity contribution is 5.69. The Hall–Kier alpha value is -2.43. The van der Waals surface area contributed by atoms with Gasteiger partial charge in [0.15, 0.2) is 6.10 Å². The van der Waals surface area contributed by atoms with Gasteiger partial charge < -0.3 is 4.74 Å². The summed E-state index contributed by atoms with van der Waals surface area (Å²) in [7, 11) is 0. The van der Waals surface area contributed by atoms with Crippen LogP contribution < -0.4 is 0 Å². The minimum absolute atomic E-state index is 0.115. The van der Waals surface area contributed by atoms with Gasteiger partial charge in [-0.05, 0) is 20.8 Å². The molecule has 0 saturated heterocycles. The molecule has 0 aromatic carbocycles. The number of rotatable bonds is 4. The van der Waals surface area contributed by atoms with E-state index in [0.29, 0.717) is 0 Å². The molecular weight excluding hydrogens is 240 g/mol. The summed E-state index contributed by atoms with van der Waals surface area (Å²) in [4.78, 5) is 21.6. The minimum Gasteiger partial charge on any atom is -0.446 e. The average Bonchev–Trinajstić information content (AvgIpc) is 2.53. The fourth-order valence-electron chi connectivity index (χ4n) is 1.49. The van der Waals surface area contributed by atoms with E-state index in [1.54, 1.807) is 6.07 Å². The monoisotopic (exact) mass is 252 g/mol. The first-order valence-electron chi connectivity index (χ1n) is 5.14. The summed E-state index contributed by atoms with van der Waals surface area (Å²) in [6.45, 7) is 4.16. The van der Waals surface area contributed by atoms with Gasteiger partial charge in [-0.25, -0.2) is 0 Å². The number of hydrogen-bond acceptors (Lipinski definition) is 6. The Bertz CT molecular complexity index is 529. The number of nitro groups is 1. The molecule has 0 aliphatic heterocycles. The largest absolute Gasteiger partial charge is 0.446 e. The molecule has 0 fully saturated rings. The zero-order chi connectivity index (χ0) is 13.9. The van der Waals surface area contributed by atoms with E-state index in [1.165, 1.54) is 25.5 Å². The number of aryl methyl sites for hydroxylation is 1. The van der Waals surface area contributed by atoms with Gasteiger partial charge in [-0.15, -0.1) is 0 Å². The highest BCUT2D eigenvalue weighted by Crippen LogP contribution is 2.21. The molecule has 0 N–H and O–H groups in total. The summed E-state index contributed by atoms with van der Waals surface area (Å²) in [6.07, 6.45) is -0.857. The summed E-state index contributed by atoms with van der Waals surface area (Å²) < 4.78 is 5.93. The second-order valence-corrected chi connectivity index (χ2v) is 3.70. The lowest BCUT2D eigenvalue weighted by Crippen LogP contribution is -2.19. The average molecular weight is 252 g/mol. The van der Waals surface area contributed by atoms with E-state index in [1.807, 2.05) is 0 Å². The van der Waals surface area contributed by atoms with Gasteiger partial charge in [0.05, 0.1) is 4.92 Å². The van der Waals surface area contributed by atoms with Crippen LogP contribution in [0.25, 0.3) is 0 Å². The van der Waals surface area contributed by atoms with Crippen LogP contribution in [0.4, 0.5) is 5.69 Å². The van der Waals surface area contributed by atoms with E-state index in [9.17, 15) is 14.9 Å². The normalized spacial score (nSPS) is 11.7. The first-order chi connectivity index (χ1) is 8.36. The Balaban J connectivity index is 2.87. The van der Waals surface area contributed by atoms with Crippen molar-refractivity contribution in [3.05, 3.63) is 21.5 Å². The van der Waals surface area contributed by atoms with Gasteiger partial charge in [-0.2, -0.15) is 10.4 Å². The molecule has 1 atom stereocenters. The lowest BCUT2D eigenvalue weighted by molar-refractivity contribution is -0.386. The predicted octanol–water partition coefficient (Wildman–Crippen LogP) is 0.863. The maximum absolute atomic E-state index is 11.4. The smallest absolute Gasteiger partial charge is 0.329 e. The number of hydrogen-bond donors (Lipinski definition) is 0. The third kappa shape index (κ3) is 2.82. The molecule has 0 saturated carbocycles. The van der Waals surface area contributed by atoms with Crippen molar-refractivity contribution in [1.29, 1.82) is 5.26 Å². The molecule has 0 amide bonds. The molecule has 0 aliphatic rings. The molecule has 8 nitrogen and oxygen atoms in total. The lowest BCUT2D eigenvalue weighted by atomic mass is 10.3. The van der Waals surface area contributed by atoms with Crippen LogP contribution in [0.3, 0.4) is 0 Å². The van der Waals surface area contributed by atoms with Gasteiger partial charge in [0, 0.05) is 0 Å². The maximum atomic E-state index is 11.4. The van der Waals surface area contributed by atoms with Crippen molar-refractivity contribution in [2.24, 2.45) is 0 Å². The zero-order valence-electron chi connectivity index (χ0n) is 10.2. The first-order valence-corrected chi connectivity index (χ1v) is 5.14. The van der Waals surface area contributed by atoms with E-state index in [0.717, 1.165) is 0 Å². The van der Waals surface area contributed by atoms with E-state index in [2.05, 4.69) is 5.10 Å². The van der Waals surface area contributed by atoms with Crippen LogP contribution in [-0.4, -0.2) is 26.8 Å². The van der Waals surface area contributed by atoms with E-state index < -0.39 is 17.0 Å². The molecule has 18 heavy (non-hydrogen) atoms. The molecule has 1 rings (SSSR count). The second kappa shape index (κ2) is 5.27. The predicted molar refractivity (Wildman–Crippen MR) is 59.5 cm³/mol. The van der Waals surface area contributed by atoms with Crippen LogP contribution in [0.2, 0.25) is 0 Å². The zero-order valence-corrected chi connectivity index (χ0v) is 10.2. The van der Waals surface area contributed by atoms with Crippen molar-refractivity contribution in [2.75, 3.05) is 0 Å². The molecule has 0 unspecified atom stereocenters. The first kappa shape index (κ1) is 13.6. The van der Waals surface area contributed by atoms with E-state index in [-0.39, 0.29) is 23.6 Å². The SMILES string of the molecule is Cc1nn(CC(=O)O[C@@H](C)C#N)c(C)c1[N+](=O)[O-]. The maximum Gasteiger partial charge on any atom is 0.329 e. The Morgan fingerprint density at radius 3 is 2.72 bits per heavy atom. The Kier molecular flexibility index (Phi) is 3.99. The molecule has 96 valence electrons. The molecule has 0 spiro atoms.